The van der Waals surface area contributed by atoms with Gasteiger partial charge in [0.15, 0.2) is 5.17 Å². The zero-order valence-corrected chi connectivity index (χ0v) is 10.2. The molecule has 1 saturated heterocycles. The standard InChI is InChI=1S/C12H14N2O2S/c13-12(14-6-8-16-9-7-14)17-11(15)10-4-2-1-3-5-10/h1-5,13H,6-9H2. The second-order valence-electron chi connectivity index (χ2n) is 3.66. The quantitative estimate of drug-likeness (QED) is 0.610. The Kier molecular flexibility index (Phi) is 4.17. The van der Waals surface area contributed by atoms with Crippen molar-refractivity contribution in [3.05, 3.63) is 35.9 Å². The van der Waals surface area contributed by atoms with Gasteiger partial charge in [-0.1, -0.05) is 30.3 Å². The van der Waals surface area contributed by atoms with Gasteiger partial charge in [-0.3, -0.25) is 10.2 Å². The van der Waals surface area contributed by atoms with E-state index in [1.165, 1.54) is 0 Å². The van der Waals surface area contributed by atoms with Crippen molar-refractivity contribution in [2.75, 3.05) is 26.3 Å². The van der Waals surface area contributed by atoms with E-state index in [2.05, 4.69) is 0 Å². The number of morpholine rings is 1. The van der Waals surface area contributed by atoms with E-state index in [4.69, 9.17) is 10.1 Å². The molecule has 0 saturated carbocycles. The van der Waals surface area contributed by atoms with Crippen LogP contribution in [0, 0.1) is 5.41 Å². The molecule has 2 rings (SSSR count). The third kappa shape index (κ3) is 3.31. The van der Waals surface area contributed by atoms with Gasteiger partial charge in [-0.2, -0.15) is 0 Å². The molecule has 0 bridgehead atoms. The van der Waals surface area contributed by atoms with Gasteiger partial charge in [0.1, 0.15) is 0 Å². The van der Waals surface area contributed by atoms with Crippen LogP contribution >= 0.6 is 11.8 Å². The lowest BCUT2D eigenvalue weighted by atomic mass is 10.2. The van der Waals surface area contributed by atoms with Crippen LogP contribution in [0.15, 0.2) is 30.3 Å². The van der Waals surface area contributed by atoms with E-state index in [1.54, 1.807) is 12.1 Å². The van der Waals surface area contributed by atoms with Crippen LogP contribution < -0.4 is 0 Å². The van der Waals surface area contributed by atoms with E-state index >= 15 is 0 Å². The van der Waals surface area contributed by atoms with Crippen LogP contribution in [-0.2, 0) is 4.74 Å². The Hall–Kier alpha value is -1.33. The summed E-state index contributed by atoms with van der Waals surface area (Å²) in [7, 11) is 0. The van der Waals surface area contributed by atoms with Gasteiger partial charge >= 0.3 is 0 Å². The summed E-state index contributed by atoms with van der Waals surface area (Å²) in [5, 5.41) is 8.10. The van der Waals surface area contributed by atoms with Gasteiger partial charge in [0, 0.05) is 18.7 Å². The van der Waals surface area contributed by atoms with Gasteiger partial charge in [-0.25, -0.2) is 0 Å². The first kappa shape index (κ1) is 12.1. The molecule has 1 aromatic carbocycles. The molecular formula is C12H14N2O2S. The maximum atomic E-state index is 11.9. The lowest BCUT2D eigenvalue weighted by Crippen LogP contribution is -2.39. The fourth-order valence-corrected chi connectivity index (χ4v) is 2.29. The molecule has 1 aromatic rings. The fourth-order valence-electron chi connectivity index (χ4n) is 1.55. The van der Waals surface area contributed by atoms with Gasteiger partial charge in [0.25, 0.3) is 0 Å². The highest BCUT2D eigenvalue weighted by Crippen LogP contribution is 2.16. The van der Waals surface area contributed by atoms with E-state index in [-0.39, 0.29) is 5.12 Å². The van der Waals surface area contributed by atoms with Crippen LogP contribution in [0.2, 0.25) is 0 Å². The lowest BCUT2D eigenvalue weighted by molar-refractivity contribution is 0.0690. The molecule has 17 heavy (non-hydrogen) atoms. The summed E-state index contributed by atoms with van der Waals surface area (Å²) in [5.41, 5.74) is 0.635. The Bertz CT molecular complexity index is 402. The summed E-state index contributed by atoms with van der Waals surface area (Å²) >= 11 is 0.974. The molecule has 90 valence electrons. The number of ether oxygens (including phenoxy) is 1. The number of rotatable bonds is 1. The summed E-state index contributed by atoms with van der Waals surface area (Å²) in [6.07, 6.45) is 0. The van der Waals surface area contributed by atoms with Crippen molar-refractivity contribution < 1.29 is 9.53 Å². The molecule has 1 aliphatic heterocycles. The minimum Gasteiger partial charge on any atom is -0.378 e. The summed E-state index contributed by atoms with van der Waals surface area (Å²) in [6, 6.07) is 9.05. The van der Waals surface area contributed by atoms with Gasteiger partial charge in [0.05, 0.1) is 13.2 Å². The maximum absolute atomic E-state index is 11.9. The number of amidine groups is 1. The maximum Gasteiger partial charge on any atom is 0.226 e. The van der Waals surface area contributed by atoms with Crippen molar-refractivity contribution >= 4 is 22.0 Å². The predicted molar refractivity (Wildman–Crippen MR) is 68.5 cm³/mol. The zero-order chi connectivity index (χ0) is 12.1. The number of hydrogen-bond donors (Lipinski definition) is 1. The van der Waals surface area contributed by atoms with Gasteiger partial charge < -0.3 is 9.64 Å². The van der Waals surface area contributed by atoms with E-state index < -0.39 is 0 Å². The van der Waals surface area contributed by atoms with E-state index in [0.29, 0.717) is 37.0 Å². The van der Waals surface area contributed by atoms with Crippen LogP contribution in [0.1, 0.15) is 10.4 Å². The number of carbonyl (C=O) groups is 1. The monoisotopic (exact) mass is 250 g/mol. The molecule has 1 fully saturated rings. The summed E-state index contributed by atoms with van der Waals surface area (Å²) in [4.78, 5) is 13.7. The number of nitrogens with zero attached hydrogens (tertiary/aromatic N) is 1. The molecule has 0 aliphatic carbocycles. The first-order chi connectivity index (χ1) is 8.27. The average molecular weight is 250 g/mol. The van der Waals surface area contributed by atoms with Crippen molar-refractivity contribution in [2.45, 2.75) is 0 Å². The largest absolute Gasteiger partial charge is 0.378 e. The SMILES string of the molecule is N=C(SC(=O)c1ccccc1)N1CCOCC1. The number of benzene rings is 1. The molecule has 5 heteroatoms. The molecular weight excluding hydrogens is 236 g/mol. The lowest BCUT2D eigenvalue weighted by Gasteiger charge is -2.27. The number of nitrogens with one attached hydrogen (secondary N) is 1. The van der Waals surface area contributed by atoms with Crippen molar-refractivity contribution in [3.8, 4) is 0 Å². The third-order valence-corrected chi connectivity index (χ3v) is 3.37. The Labute approximate surface area is 104 Å². The second-order valence-corrected chi connectivity index (χ2v) is 4.62. The second kappa shape index (κ2) is 5.84. The van der Waals surface area contributed by atoms with Gasteiger partial charge in [-0.15, -0.1) is 0 Å². The molecule has 1 heterocycles. The third-order valence-electron chi connectivity index (χ3n) is 2.50. The normalized spacial score (nSPS) is 15.6. The Morgan fingerprint density at radius 1 is 1.24 bits per heavy atom. The van der Waals surface area contributed by atoms with E-state index in [1.807, 2.05) is 23.1 Å². The summed E-state index contributed by atoms with van der Waals surface area (Å²) in [6.45, 7) is 2.63. The number of carbonyl (C=O) groups excluding carboxylic acids is 1. The highest BCUT2D eigenvalue weighted by atomic mass is 32.2. The molecule has 0 radical (unpaired) electrons. The number of thioether (sulfide) groups is 1. The molecule has 0 spiro atoms. The van der Waals surface area contributed by atoms with Crippen molar-refractivity contribution in [1.82, 2.24) is 4.90 Å². The van der Waals surface area contributed by atoms with Crippen LogP contribution in [0.4, 0.5) is 0 Å². The van der Waals surface area contributed by atoms with Crippen molar-refractivity contribution in [2.24, 2.45) is 0 Å². The minimum absolute atomic E-state index is 0.0814. The van der Waals surface area contributed by atoms with Crippen molar-refractivity contribution in [1.29, 1.82) is 5.41 Å². The smallest absolute Gasteiger partial charge is 0.226 e. The summed E-state index contributed by atoms with van der Waals surface area (Å²) < 4.78 is 5.21. The van der Waals surface area contributed by atoms with Crippen LogP contribution in [0.3, 0.4) is 0 Å². The van der Waals surface area contributed by atoms with Crippen molar-refractivity contribution in [3.63, 3.8) is 0 Å². The molecule has 4 nitrogen and oxygen atoms in total. The first-order valence-corrected chi connectivity index (χ1v) is 6.27. The zero-order valence-electron chi connectivity index (χ0n) is 9.39. The molecule has 0 atom stereocenters. The number of hydrogen-bond acceptors (Lipinski definition) is 4. The van der Waals surface area contributed by atoms with Crippen LogP contribution in [0.5, 0.6) is 0 Å². The molecule has 1 aliphatic rings. The topological polar surface area (TPSA) is 53.4 Å². The summed E-state index contributed by atoms with van der Waals surface area (Å²) in [5.74, 6) is 0. The van der Waals surface area contributed by atoms with Gasteiger partial charge in [0.2, 0.25) is 5.12 Å². The van der Waals surface area contributed by atoms with Gasteiger partial charge in [-0.05, 0) is 11.8 Å². The predicted octanol–water partition coefficient (Wildman–Crippen LogP) is 1.83. The molecule has 0 unspecified atom stereocenters. The van der Waals surface area contributed by atoms with E-state index in [9.17, 15) is 4.79 Å². The highest BCUT2D eigenvalue weighted by molar-refractivity contribution is 8.26. The Balaban J connectivity index is 1.92. The Morgan fingerprint density at radius 3 is 2.53 bits per heavy atom. The highest BCUT2D eigenvalue weighted by Gasteiger charge is 2.17. The average Bonchev–Trinajstić information content (AvgIpc) is 2.40. The molecule has 0 amide bonds. The fraction of sp³-hybridized carbons (Fsp3) is 0.333. The minimum atomic E-state index is -0.0814. The Morgan fingerprint density at radius 2 is 1.88 bits per heavy atom. The molecule has 0 aromatic heterocycles. The van der Waals surface area contributed by atoms with Crippen LogP contribution in [-0.4, -0.2) is 41.5 Å². The first-order valence-electron chi connectivity index (χ1n) is 5.46. The van der Waals surface area contributed by atoms with Crippen LogP contribution in [0.25, 0.3) is 0 Å². The van der Waals surface area contributed by atoms with E-state index in [0.717, 1.165) is 11.8 Å². The molecule has 1 N–H and O–H groups in total.